The zero-order valence-corrected chi connectivity index (χ0v) is 10.4. The molecular weight excluding hydrogens is 186 g/mol. The average molecular weight is 213 g/mol. The first kappa shape index (κ1) is 13.0. The van der Waals surface area contributed by atoms with Gasteiger partial charge in [-0.15, -0.1) is 0 Å². The highest BCUT2D eigenvalue weighted by Crippen LogP contribution is 2.13. The molecule has 0 saturated carbocycles. The molecule has 15 heavy (non-hydrogen) atoms. The first-order chi connectivity index (χ1) is 7.36. The summed E-state index contributed by atoms with van der Waals surface area (Å²) in [4.78, 5) is 0. The molecule has 1 rings (SSSR count). The van der Waals surface area contributed by atoms with Crippen LogP contribution in [0.25, 0.3) is 0 Å². The van der Waals surface area contributed by atoms with Crippen LogP contribution in [0.4, 0.5) is 0 Å². The van der Waals surface area contributed by atoms with E-state index in [-0.39, 0.29) is 0 Å². The fourth-order valence-corrected chi connectivity index (χ4v) is 2.17. The van der Waals surface area contributed by atoms with E-state index in [4.69, 9.17) is 4.74 Å². The Morgan fingerprint density at radius 2 is 2.27 bits per heavy atom. The molecule has 2 heteroatoms. The van der Waals surface area contributed by atoms with E-state index in [0.29, 0.717) is 6.04 Å². The molecule has 1 aliphatic heterocycles. The van der Waals surface area contributed by atoms with Gasteiger partial charge in [0.25, 0.3) is 0 Å². The Hall–Kier alpha value is -0.0800. The molecular formula is C13H27NO. The third kappa shape index (κ3) is 5.53. The van der Waals surface area contributed by atoms with E-state index in [0.717, 1.165) is 19.1 Å². The molecule has 1 N–H and O–H groups in total. The van der Waals surface area contributed by atoms with Crippen LogP contribution in [0.3, 0.4) is 0 Å². The average Bonchev–Trinajstić information content (AvgIpc) is 2.76. The van der Waals surface area contributed by atoms with Crippen LogP contribution in [0.2, 0.25) is 0 Å². The quantitative estimate of drug-likeness (QED) is 0.669. The zero-order valence-electron chi connectivity index (χ0n) is 10.4. The van der Waals surface area contributed by atoms with E-state index in [1.807, 2.05) is 0 Å². The lowest BCUT2D eigenvalue weighted by molar-refractivity contribution is 0.0803. The van der Waals surface area contributed by atoms with Gasteiger partial charge in [-0.05, 0) is 31.7 Å². The summed E-state index contributed by atoms with van der Waals surface area (Å²) in [5.74, 6) is 0.784. The number of nitrogens with one attached hydrogen (secondary N) is 1. The molecule has 0 aliphatic carbocycles. The smallest absolute Gasteiger partial charge is 0.0619 e. The summed E-state index contributed by atoms with van der Waals surface area (Å²) in [6, 6.07) is 0.633. The van der Waals surface area contributed by atoms with E-state index in [9.17, 15) is 0 Å². The highest BCUT2D eigenvalue weighted by Gasteiger charge is 2.14. The van der Waals surface area contributed by atoms with Crippen molar-refractivity contribution in [3.8, 4) is 0 Å². The topological polar surface area (TPSA) is 21.3 Å². The van der Waals surface area contributed by atoms with E-state index in [1.54, 1.807) is 0 Å². The van der Waals surface area contributed by atoms with Crippen LogP contribution in [0.5, 0.6) is 0 Å². The molecule has 2 nitrogen and oxygen atoms in total. The Morgan fingerprint density at radius 1 is 1.40 bits per heavy atom. The lowest BCUT2D eigenvalue weighted by Gasteiger charge is -2.16. The number of rotatable bonds is 8. The SMILES string of the molecule is CCCCC(CC)COC[C@H]1CCCN1. The molecule has 0 bridgehead atoms. The maximum absolute atomic E-state index is 5.81. The summed E-state index contributed by atoms with van der Waals surface area (Å²) < 4.78 is 5.81. The van der Waals surface area contributed by atoms with Gasteiger partial charge in [0.2, 0.25) is 0 Å². The van der Waals surface area contributed by atoms with Gasteiger partial charge in [0.1, 0.15) is 0 Å². The second kappa shape index (κ2) is 8.12. The standard InChI is InChI=1S/C13H27NO/c1-3-5-7-12(4-2)10-15-11-13-8-6-9-14-13/h12-14H,3-11H2,1-2H3/t12?,13-/m1/s1. The van der Waals surface area contributed by atoms with Crippen molar-refractivity contribution in [3.05, 3.63) is 0 Å². The van der Waals surface area contributed by atoms with Crippen LogP contribution in [0.15, 0.2) is 0 Å². The summed E-state index contributed by atoms with van der Waals surface area (Å²) in [7, 11) is 0. The Kier molecular flexibility index (Phi) is 7.03. The molecule has 1 fully saturated rings. The lowest BCUT2D eigenvalue weighted by Crippen LogP contribution is -2.27. The first-order valence-corrected chi connectivity index (χ1v) is 6.68. The minimum Gasteiger partial charge on any atom is -0.380 e. The van der Waals surface area contributed by atoms with Crippen LogP contribution >= 0.6 is 0 Å². The minimum absolute atomic E-state index is 0.633. The Labute approximate surface area is 94.8 Å². The summed E-state index contributed by atoms with van der Waals surface area (Å²) in [5.41, 5.74) is 0. The number of ether oxygens (including phenoxy) is 1. The summed E-state index contributed by atoms with van der Waals surface area (Å²) in [6.45, 7) is 7.60. The second-order valence-electron chi connectivity index (χ2n) is 4.75. The minimum atomic E-state index is 0.633. The van der Waals surface area contributed by atoms with Crippen molar-refractivity contribution in [2.24, 2.45) is 5.92 Å². The van der Waals surface area contributed by atoms with Crippen molar-refractivity contribution < 1.29 is 4.74 Å². The molecule has 2 atom stereocenters. The highest BCUT2D eigenvalue weighted by atomic mass is 16.5. The van der Waals surface area contributed by atoms with Gasteiger partial charge in [0.15, 0.2) is 0 Å². The molecule has 0 aromatic carbocycles. The van der Waals surface area contributed by atoms with E-state index in [1.165, 1.54) is 45.1 Å². The number of unbranched alkanes of at least 4 members (excludes halogenated alkanes) is 1. The summed E-state index contributed by atoms with van der Waals surface area (Å²) in [6.07, 6.45) is 7.88. The fourth-order valence-electron chi connectivity index (χ4n) is 2.17. The van der Waals surface area contributed by atoms with Crippen molar-refractivity contribution in [3.63, 3.8) is 0 Å². The third-order valence-corrected chi connectivity index (χ3v) is 3.38. The molecule has 0 aromatic rings. The Bertz CT molecular complexity index is 143. The van der Waals surface area contributed by atoms with Crippen molar-refractivity contribution in [2.75, 3.05) is 19.8 Å². The molecule has 1 aliphatic rings. The van der Waals surface area contributed by atoms with Crippen LogP contribution in [0, 0.1) is 5.92 Å². The largest absolute Gasteiger partial charge is 0.380 e. The Balaban J connectivity index is 2.00. The van der Waals surface area contributed by atoms with Crippen molar-refractivity contribution >= 4 is 0 Å². The molecule has 1 unspecified atom stereocenters. The van der Waals surface area contributed by atoms with Gasteiger partial charge in [-0.2, -0.15) is 0 Å². The van der Waals surface area contributed by atoms with Crippen molar-refractivity contribution in [1.82, 2.24) is 5.32 Å². The van der Waals surface area contributed by atoms with Crippen LogP contribution in [-0.2, 0) is 4.74 Å². The summed E-state index contributed by atoms with van der Waals surface area (Å²) >= 11 is 0. The molecule has 1 saturated heterocycles. The van der Waals surface area contributed by atoms with Crippen molar-refractivity contribution in [1.29, 1.82) is 0 Å². The second-order valence-corrected chi connectivity index (χ2v) is 4.75. The van der Waals surface area contributed by atoms with E-state index < -0.39 is 0 Å². The van der Waals surface area contributed by atoms with Gasteiger partial charge in [-0.1, -0.05) is 33.1 Å². The van der Waals surface area contributed by atoms with Gasteiger partial charge >= 0.3 is 0 Å². The normalized spacial score (nSPS) is 23.2. The molecule has 90 valence electrons. The zero-order chi connectivity index (χ0) is 10.9. The highest BCUT2D eigenvalue weighted by molar-refractivity contribution is 4.73. The maximum atomic E-state index is 5.81. The molecule has 1 heterocycles. The molecule has 0 radical (unpaired) electrons. The van der Waals surface area contributed by atoms with Crippen LogP contribution in [-0.4, -0.2) is 25.8 Å². The van der Waals surface area contributed by atoms with Gasteiger partial charge in [-0.3, -0.25) is 0 Å². The summed E-state index contributed by atoms with van der Waals surface area (Å²) in [5, 5.41) is 3.47. The lowest BCUT2D eigenvalue weighted by atomic mass is 10.0. The van der Waals surface area contributed by atoms with Crippen molar-refractivity contribution in [2.45, 2.75) is 58.4 Å². The predicted octanol–water partition coefficient (Wildman–Crippen LogP) is 2.97. The predicted molar refractivity (Wildman–Crippen MR) is 65.1 cm³/mol. The number of hydrogen-bond acceptors (Lipinski definition) is 2. The monoisotopic (exact) mass is 213 g/mol. The third-order valence-electron chi connectivity index (χ3n) is 3.38. The van der Waals surface area contributed by atoms with E-state index in [2.05, 4.69) is 19.2 Å². The van der Waals surface area contributed by atoms with Gasteiger partial charge in [0.05, 0.1) is 6.61 Å². The fraction of sp³-hybridized carbons (Fsp3) is 1.00. The Morgan fingerprint density at radius 3 is 2.87 bits per heavy atom. The number of hydrogen-bond donors (Lipinski definition) is 1. The van der Waals surface area contributed by atoms with Gasteiger partial charge < -0.3 is 10.1 Å². The molecule has 0 spiro atoms. The maximum Gasteiger partial charge on any atom is 0.0619 e. The van der Waals surface area contributed by atoms with Gasteiger partial charge in [-0.25, -0.2) is 0 Å². The van der Waals surface area contributed by atoms with Crippen LogP contribution < -0.4 is 5.32 Å². The van der Waals surface area contributed by atoms with Crippen LogP contribution in [0.1, 0.15) is 52.4 Å². The molecule has 0 amide bonds. The molecule has 0 aromatic heterocycles. The van der Waals surface area contributed by atoms with E-state index >= 15 is 0 Å². The first-order valence-electron chi connectivity index (χ1n) is 6.68. The van der Waals surface area contributed by atoms with Gasteiger partial charge in [0, 0.05) is 12.6 Å².